The molecule has 1 aliphatic rings. The second kappa shape index (κ2) is 12.9. The number of ether oxygens (including phenoxy) is 2. The molecule has 0 spiro atoms. The van der Waals surface area contributed by atoms with Gasteiger partial charge in [0, 0.05) is 64.2 Å². The molecule has 0 radical (unpaired) electrons. The monoisotopic (exact) mass is 533 g/mol. The maximum absolute atomic E-state index is 14.0. The molecule has 0 fully saturated rings. The number of aromatic nitrogens is 2. The summed E-state index contributed by atoms with van der Waals surface area (Å²) in [7, 11) is 5.01. The number of hydrogen-bond acceptors (Lipinski definition) is 6. The van der Waals surface area contributed by atoms with Crippen molar-refractivity contribution in [2.24, 2.45) is 7.05 Å². The topological polar surface area (TPSA) is 80.1 Å². The predicted molar refractivity (Wildman–Crippen MR) is 152 cm³/mol. The Kier molecular flexibility index (Phi) is 9.37. The molecule has 0 unspecified atom stereocenters. The van der Waals surface area contributed by atoms with Crippen LogP contribution in [0.15, 0.2) is 54.6 Å². The van der Waals surface area contributed by atoms with Crippen molar-refractivity contribution in [3.63, 3.8) is 0 Å². The molecular weight excluding hydrogens is 494 g/mol. The molecular formula is C30H39N5O4. The van der Waals surface area contributed by atoms with Gasteiger partial charge >= 0.3 is 0 Å². The van der Waals surface area contributed by atoms with Crippen LogP contribution in [0.25, 0.3) is 11.3 Å². The Hall–Kier alpha value is -3.69. The third-order valence-electron chi connectivity index (χ3n) is 7.20. The highest BCUT2D eigenvalue weighted by Crippen LogP contribution is 2.26. The smallest absolute Gasteiger partial charge is 0.274 e. The molecule has 0 N–H and O–H groups in total. The van der Waals surface area contributed by atoms with Gasteiger partial charge < -0.3 is 19.3 Å². The summed E-state index contributed by atoms with van der Waals surface area (Å²) < 4.78 is 12.2. The Morgan fingerprint density at radius 1 is 0.974 bits per heavy atom. The van der Waals surface area contributed by atoms with Crippen molar-refractivity contribution >= 4 is 17.5 Å². The lowest BCUT2D eigenvalue weighted by Crippen LogP contribution is -2.41. The molecule has 0 bridgehead atoms. The van der Waals surface area contributed by atoms with Gasteiger partial charge in [-0.3, -0.25) is 19.2 Å². The van der Waals surface area contributed by atoms with Crippen LogP contribution in [0.5, 0.6) is 5.75 Å². The van der Waals surface area contributed by atoms with Crippen molar-refractivity contribution < 1.29 is 19.1 Å². The van der Waals surface area contributed by atoms with Crippen LogP contribution >= 0.6 is 0 Å². The van der Waals surface area contributed by atoms with Crippen LogP contribution in [-0.2, 0) is 23.1 Å². The first-order valence-electron chi connectivity index (χ1n) is 13.4. The minimum Gasteiger partial charge on any atom is -0.497 e. The zero-order valence-electron chi connectivity index (χ0n) is 23.6. The number of methoxy groups -OCH3 is 2. The second-order valence-electron chi connectivity index (χ2n) is 10.1. The fraction of sp³-hybridized carbons (Fsp3) is 0.433. The Labute approximate surface area is 230 Å². The Morgan fingerprint density at radius 3 is 2.41 bits per heavy atom. The van der Waals surface area contributed by atoms with Crippen LogP contribution in [0, 0.1) is 0 Å². The molecule has 1 aliphatic heterocycles. The lowest BCUT2D eigenvalue weighted by Gasteiger charge is -2.29. The van der Waals surface area contributed by atoms with Gasteiger partial charge in [0.25, 0.3) is 11.8 Å². The fourth-order valence-corrected chi connectivity index (χ4v) is 5.02. The molecule has 2 heterocycles. The molecule has 39 heavy (non-hydrogen) atoms. The number of carbonyl (C=O) groups is 2. The van der Waals surface area contributed by atoms with E-state index in [9.17, 15) is 9.59 Å². The first-order chi connectivity index (χ1) is 18.8. The fourth-order valence-electron chi connectivity index (χ4n) is 5.02. The van der Waals surface area contributed by atoms with E-state index in [4.69, 9.17) is 9.47 Å². The van der Waals surface area contributed by atoms with Crippen LogP contribution in [0.4, 0.5) is 5.69 Å². The minimum absolute atomic E-state index is 0.00689. The van der Waals surface area contributed by atoms with Crippen molar-refractivity contribution in [2.75, 3.05) is 51.9 Å². The average Bonchev–Trinajstić information content (AvgIpc) is 3.31. The van der Waals surface area contributed by atoms with Gasteiger partial charge in [-0.15, -0.1) is 0 Å². The molecule has 9 nitrogen and oxygen atoms in total. The normalized spacial score (nSPS) is 15.1. The summed E-state index contributed by atoms with van der Waals surface area (Å²) >= 11 is 0. The van der Waals surface area contributed by atoms with Crippen molar-refractivity contribution in [3.8, 4) is 17.0 Å². The van der Waals surface area contributed by atoms with Crippen molar-refractivity contribution in [3.05, 3.63) is 65.9 Å². The predicted octanol–water partition coefficient (Wildman–Crippen LogP) is 3.83. The molecule has 2 amide bonds. The molecule has 0 saturated carbocycles. The van der Waals surface area contributed by atoms with Crippen LogP contribution in [0.2, 0.25) is 0 Å². The van der Waals surface area contributed by atoms with E-state index in [-0.39, 0.29) is 18.4 Å². The number of anilines is 1. The Morgan fingerprint density at radius 2 is 1.72 bits per heavy atom. The summed E-state index contributed by atoms with van der Waals surface area (Å²) in [5.41, 5.74) is 3.92. The van der Waals surface area contributed by atoms with Gasteiger partial charge in [-0.05, 0) is 62.2 Å². The van der Waals surface area contributed by atoms with Crippen molar-refractivity contribution in [1.82, 2.24) is 19.6 Å². The number of carbonyl (C=O) groups excluding carboxylic acids is 2. The highest BCUT2D eigenvalue weighted by Gasteiger charge is 2.26. The van der Waals surface area contributed by atoms with Crippen LogP contribution in [0.1, 0.15) is 36.3 Å². The van der Waals surface area contributed by atoms with Gasteiger partial charge in [-0.2, -0.15) is 5.10 Å². The number of nitrogens with zero attached hydrogens (tertiary/aromatic N) is 5. The molecule has 0 aliphatic carbocycles. The lowest BCUT2D eigenvalue weighted by atomic mass is 10.1. The van der Waals surface area contributed by atoms with Crippen LogP contribution in [0.3, 0.4) is 0 Å². The lowest BCUT2D eigenvalue weighted by molar-refractivity contribution is -0.122. The second-order valence-corrected chi connectivity index (χ2v) is 10.1. The molecule has 0 atom stereocenters. The Bertz CT molecular complexity index is 1270. The summed E-state index contributed by atoms with van der Waals surface area (Å²) in [5.74, 6) is 0.539. The third kappa shape index (κ3) is 6.66. The number of amides is 2. The average molecular weight is 534 g/mol. The zero-order chi connectivity index (χ0) is 27.9. The van der Waals surface area contributed by atoms with Gasteiger partial charge in [0.05, 0.1) is 12.8 Å². The summed E-state index contributed by atoms with van der Waals surface area (Å²) in [6.45, 7) is 7.38. The van der Waals surface area contributed by atoms with Gasteiger partial charge in [-0.1, -0.05) is 18.2 Å². The van der Waals surface area contributed by atoms with E-state index >= 15 is 0 Å². The maximum Gasteiger partial charge on any atom is 0.274 e. The Balaban J connectivity index is 1.68. The summed E-state index contributed by atoms with van der Waals surface area (Å²) in [6.07, 6.45) is 0.821. The molecule has 0 saturated heterocycles. The van der Waals surface area contributed by atoms with Gasteiger partial charge in [0.1, 0.15) is 12.4 Å². The summed E-state index contributed by atoms with van der Waals surface area (Å²) in [5, 5.41) is 4.60. The maximum atomic E-state index is 14.0. The van der Waals surface area contributed by atoms with Gasteiger partial charge in [0.15, 0.2) is 5.69 Å². The van der Waals surface area contributed by atoms with E-state index in [1.165, 1.54) is 7.11 Å². The first-order valence-corrected chi connectivity index (χ1v) is 13.4. The van der Waals surface area contributed by atoms with E-state index in [1.54, 1.807) is 16.7 Å². The van der Waals surface area contributed by atoms with E-state index in [0.717, 1.165) is 47.8 Å². The molecule has 1 aromatic heterocycles. The number of para-hydroxylation sites is 1. The number of benzene rings is 2. The number of hydrogen-bond donors (Lipinski definition) is 0. The minimum atomic E-state index is -0.141. The highest BCUT2D eigenvalue weighted by molar-refractivity contribution is 5.96. The van der Waals surface area contributed by atoms with Crippen LogP contribution < -0.4 is 9.64 Å². The van der Waals surface area contributed by atoms with E-state index in [0.29, 0.717) is 31.4 Å². The van der Waals surface area contributed by atoms with Gasteiger partial charge in [-0.25, -0.2) is 0 Å². The van der Waals surface area contributed by atoms with E-state index < -0.39 is 0 Å². The third-order valence-corrected chi connectivity index (χ3v) is 7.20. The first kappa shape index (κ1) is 28.3. The largest absolute Gasteiger partial charge is 0.497 e. The van der Waals surface area contributed by atoms with Crippen molar-refractivity contribution in [1.29, 1.82) is 0 Å². The van der Waals surface area contributed by atoms with Gasteiger partial charge in [0.2, 0.25) is 0 Å². The van der Waals surface area contributed by atoms with E-state index in [2.05, 4.69) is 23.8 Å². The SMILES string of the molecule is COCC(=O)N1CCCN(C(C)C)CCN(C(=O)c2cc(-c3ccc(OC)cc3)n(C)n2)Cc2ccccc21. The number of fused-ring (bicyclic) bond motifs is 1. The molecule has 4 rings (SSSR count). The molecule has 3 aromatic rings. The standard InChI is InChI=1S/C30H39N5O4/c1-22(2)33-15-8-16-35(29(36)21-38-4)27-10-7-6-9-24(27)20-34(18-17-33)30(37)26-19-28(32(3)31-26)23-11-13-25(39-5)14-12-23/h6-7,9-14,19,22H,8,15-18,20-21H2,1-5H3. The molecule has 2 aromatic carbocycles. The number of aryl methyl sites for hydroxylation is 1. The number of rotatable bonds is 6. The summed E-state index contributed by atoms with van der Waals surface area (Å²) in [6, 6.07) is 17.7. The van der Waals surface area contributed by atoms with E-state index in [1.807, 2.05) is 66.5 Å². The van der Waals surface area contributed by atoms with Crippen LogP contribution in [-0.4, -0.2) is 84.4 Å². The highest BCUT2D eigenvalue weighted by atomic mass is 16.5. The quantitative estimate of drug-likeness (QED) is 0.479. The molecule has 9 heteroatoms. The zero-order valence-corrected chi connectivity index (χ0v) is 23.6. The summed E-state index contributed by atoms with van der Waals surface area (Å²) in [4.78, 5) is 33.0. The van der Waals surface area contributed by atoms with Crippen molar-refractivity contribution in [2.45, 2.75) is 32.9 Å². The molecule has 208 valence electrons.